The molecule has 32 heavy (non-hydrogen) atoms. The Morgan fingerprint density at radius 2 is 1.84 bits per heavy atom. The highest BCUT2D eigenvalue weighted by atomic mass is 35.5. The van der Waals surface area contributed by atoms with Crippen molar-refractivity contribution in [1.82, 2.24) is 15.0 Å². The van der Waals surface area contributed by atoms with Gasteiger partial charge < -0.3 is 10.1 Å². The highest BCUT2D eigenvalue weighted by Gasteiger charge is 2.26. The van der Waals surface area contributed by atoms with Gasteiger partial charge in [-0.15, -0.1) is 0 Å². The summed E-state index contributed by atoms with van der Waals surface area (Å²) in [7, 11) is 0. The zero-order chi connectivity index (χ0) is 22.5. The van der Waals surface area contributed by atoms with Crippen LogP contribution in [0, 0.1) is 11.3 Å². The molecule has 8 heteroatoms. The molecule has 2 aromatic heterocycles. The summed E-state index contributed by atoms with van der Waals surface area (Å²) in [4.78, 5) is 25.3. The van der Waals surface area contributed by atoms with Gasteiger partial charge in [-0.1, -0.05) is 48.9 Å². The summed E-state index contributed by atoms with van der Waals surface area (Å²) in [5.41, 5.74) is 2.10. The molecule has 1 unspecified atom stereocenters. The fourth-order valence-electron chi connectivity index (χ4n) is 3.34. The Morgan fingerprint density at radius 3 is 2.59 bits per heavy atom. The molecule has 1 N–H and O–H groups in total. The van der Waals surface area contributed by atoms with E-state index in [4.69, 9.17) is 16.3 Å². The van der Waals surface area contributed by atoms with Gasteiger partial charge in [-0.3, -0.25) is 9.78 Å². The van der Waals surface area contributed by atoms with Crippen LogP contribution in [0.3, 0.4) is 0 Å². The lowest BCUT2D eigenvalue weighted by Gasteiger charge is -2.24. The number of anilines is 1. The Bertz CT molecular complexity index is 1320. The molecule has 0 amide bonds. The molecule has 0 fully saturated rings. The predicted octanol–water partition coefficient (Wildman–Crippen LogP) is 5.07. The van der Waals surface area contributed by atoms with Crippen LogP contribution >= 0.6 is 11.6 Å². The second-order valence-electron chi connectivity index (χ2n) is 6.86. The Kier molecular flexibility index (Phi) is 6.24. The van der Waals surface area contributed by atoms with Crippen molar-refractivity contribution in [2.75, 3.05) is 5.32 Å². The molecule has 0 radical (unpaired) electrons. The minimum absolute atomic E-state index is 0.202. The molecule has 2 heterocycles. The number of hydrogen-bond acceptors (Lipinski definition) is 7. The number of hydrogen-bond donors (Lipinski definition) is 1. The van der Waals surface area contributed by atoms with E-state index >= 15 is 0 Å². The van der Waals surface area contributed by atoms with Gasteiger partial charge in [0.05, 0.1) is 16.6 Å². The Balaban J connectivity index is 1.96. The van der Waals surface area contributed by atoms with E-state index in [0.29, 0.717) is 33.9 Å². The molecular formula is C24H18ClN5O2. The van der Waals surface area contributed by atoms with Crippen LogP contribution in [0.2, 0.25) is 5.02 Å². The van der Waals surface area contributed by atoms with Crippen LogP contribution in [0.1, 0.15) is 36.1 Å². The van der Waals surface area contributed by atoms with Crippen LogP contribution in [-0.4, -0.2) is 20.9 Å². The molecule has 7 nitrogen and oxygen atoms in total. The zero-order valence-electron chi connectivity index (χ0n) is 17.1. The number of esters is 1. The summed E-state index contributed by atoms with van der Waals surface area (Å²) in [6.45, 7) is 1.72. The molecule has 4 rings (SSSR count). The molecular weight excluding hydrogens is 426 g/mol. The van der Waals surface area contributed by atoms with Crippen LogP contribution < -0.4 is 10.1 Å². The van der Waals surface area contributed by atoms with E-state index in [-0.39, 0.29) is 11.4 Å². The average molecular weight is 444 g/mol. The third-order valence-corrected chi connectivity index (χ3v) is 5.30. The van der Waals surface area contributed by atoms with Crippen LogP contribution in [0.5, 0.6) is 5.75 Å². The van der Waals surface area contributed by atoms with E-state index in [0.717, 1.165) is 5.39 Å². The fourth-order valence-corrected chi connectivity index (χ4v) is 3.62. The summed E-state index contributed by atoms with van der Waals surface area (Å²) < 4.78 is 5.75. The van der Waals surface area contributed by atoms with Gasteiger partial charge in [0.25, 0.3) is 0 Å². The van der Waals surface area contributed by atoms with Crippen LogP contribution in [0.15, 0.2) is 67.1 Å². The topological polar surface area (TPSA) is 101 Å². The number of nitrogens with one attached hydrogen (secondary N) is 1. The van der Waals surface area contributed by atoms with Crippen molar-refractivity contribution in [2.24, 2.45) is 0 Å². The van der Waals surface area contributed by atoms with Gasteiger partial charge in [0.2, 0.25) is 5.95 Å². The monoisotopic (exact) mass is 443 g/mol. The molecule has 0 spiro atoms. The Hall–Kier alpha value is -4.02. The van der Waals surface area contributed by atoms with Crippen LogP contribution in [0.25, 0.3) is 10.9 Å². The van der Waals surface area contributed by atoms with Gasteiger partial charge in [-0.25, -0.2) is 9.97 Å². The zero-order valence-corrected chi connectivity index (χ0v) is 17.9. The van der Waals surface area contributed by atoms with Gasteiger partial charge >= 0.3 is 5.97 Å². The number of nitrogens with zero attached hydrogens (tertiary/aromatic N) is 4. The van der Waals surface area contributed by atoms with E-state index in [2.05, 4.69) is 26.3 Å². The SMILES string of the molecule is CCC(=O)Oc1c(C(Nc2ncccn2)c2cccc(C#N)c2Cl)ccc2cccnc12. The first-order valence-electron chi connectivity index (χ1n) is 9.92. The molecule has 2 aromatic carbocycles. The number of halogens is 1. The normalized spacial score (nSPS) is 11.5. The van der Waals surface area contributed by atoms with Crippen molar-refractivity contribution in [1.29, 1.82) is 5.26 Å². The first kappa shape index (κ1) is 21.2. The van der Waals surface area contributed by atoms with Crippen molar-refractivity contribution in [3.8, 4) is 11.8 Å². The molecule has 0 saturated carbocycles. The van der Waals surface area contributed by atoms with Gasteiger partial charge in [0, 0.05) is 36.0 Å². The number of nitriles is 1. The number of benzene rings is 2. The number of aromatic nitrogens is 3. The standard InChI is InChI=1S/C24H18ClN5O2/c1-2-19(31)32-23-18(10-9-15-7-4-11-27-21(15)23)22(30-24-28-12-5-13-29-24)17-8-3-6-16(14-26)20(17)25/h3-13,22H,2H2,1H3,(H,28,29,30). The first-order chi connectivity index (χ1) is 15.6. The Morgan fingerprint density at radius 1 is 1.06 bits per heavy atom. The third-order valence-electron chi connectivity index (χ3n) is 4.87. The van der Waals surface area contributed by atoms with Crippen molar-refractivity contribution >= 4 is 34.4 Å². The lowest BCUT2D eigenvalue weighted by atomic mass is 9.95. The third kappa shape index (κ3) is 4.22. The number of pyridine rings is 1. The number of carbonyl (C=O) groups excluding carboxylic acids is 1. The molecule has 158 valence electrons. The van der Waals surface area contributed by atoms with Crippen molar-refractivity contribution < 1.29 is 9.53 Å². The summed E-state index contributed by atoms with van der Waals surface area (Å²) >= 11 is 6.60. The predicted molar refractivity (Wildman–Crippen MR) is 121 cm³/mol. The quantitative estimate of drug-likeness (QED) is 0.328. The number of rotatable bonds is 6. The van der Waals surface area contributed by atoms with E-state index < -0.39 is 12.0 Å². The summed E-state index contributed by atoms with van der Waals surface area (Å²) in [6.07, 6.45) is 5.06. The van der Waals surface area contributed by atoms with E-state index in [1.807, 2.05) is 24.3 Å². The van der Waals surface area contributed by atoms with E-state index in [1.54, 1.807) is 49.8 Å². The van der Waals surface area contributed by atoms with Crippen molar-refractivity contribution in [3.63, 3.8) is 0 Å². The maximum Gasteiger partial charge on any atom is 0.310 e. The maximum atomic E-state index is 12.3. The van der Waals surface area contributed by atoms with Gasteiger partial charge in [0.15, 0.2) is 5.75 Å². The van der Waals surface area contributed by atoms with E-state index in [1.165, 1.54) is 0 Å². The van der Waals surface area contributed by atoms with Gasteiger partial charge in [-0.2, -0.15) is 5.26 Å². The minimum Gasteiger partial charge on any atom is -0.424 e. The highest BCUT2D eigenvalue weighted by Crippen LogP contribution is 2.40. The summed E-state index contributed by atoms with van der Waals surface area (Å²) in [5, 5.41) is 13.8. The highest BCUT2D eigenvalue weighted by molar-refractivity contribution is 6.32. The molecule has 0 saturated heterocycles. The second-order valence-corrected chi connectivity index (χ2v) is 7.23. The number of ether oxygens (including phenoxy) is 1. The van der Waals surface area contributed by atoms with Crippen LogP contribution in [-0.2, 0) is 4.79 Å². The Labute approximate surface area is 189 Å². The molecule has 4 aromatic rings. The number of carbonyl (C=O) groups is 1. The average Bonchev–Trinajstić information content (AvgIpc) is 2.84. The smallest absolute Gasteiger partial charge is 0.310 e. The summed E-state index contributed by atoms with van der Waals surface area (Å²) in [6, 6.07) is 15.8. The molecule has 0 bridgehead atoms. The lowest BCUT2D eigenvalue weighted by molar-refractivity contribution is -0.133. The van der Waals surface area contributed by atoms with Crippen molar-refractivity contribution in [2.45, 2.75) is 19.4 Å². The molecule has 0 aliphatic carbocycles. The lowest BCUT2D eigenvalue weighted by Crippen LogP contribution is -2.18. The molecule has 0 aliphatic rings. The van der Waals surface area contributed by atoms with E-state index in [9.17, 15) is 10.1 Å². The molecule has 1 atom stereocenters. The minimum atomic E-state index is -0.621. The van der Waals surface area contributed by atoms with Crippen molar-refractivity contribution in [3.05, 3.63) is 88.8 Å². The number of fused-ring (bicyclic) bond motifs is 1. The van der Waals surface area contributed by atoms with Gasteiger partial charge in [-0.05, 0) is 23.8 Å². The molecule has 0 aliphatic heterocycles. The summed E-state index contributed by atoms with van der Waals surface area (Å²) in [5.74, 6) is 0.280. The fraction of sp³-hybridized carbons (Fsp3) is 0.125. The largest absolute Gasteiger partial charge is 0.424 e. The second kappa shape index (κ2) is 9.41. The maximum absolute atomic E-state index is 12.3. The van der Waals surface area contributed by atoms with Crippen LogP contribution in [0.4, 0.5) is 5.95 Å². The van der Waals surface area contributed by atoms with Gasteiger partial charge in [0.1, 0.15) is 11.6 Å². The first-order valence-corrected chi connectivity index (χ1v) is 10.3.